The number of thiophene rings is 1. The molecule has 1 unspecified atom stereocenters. The predicted octanol–water partition coefficient (Wildman–Crippen LogP) is 5.63. The van der Waals surface area contributed by atoms with E-state index in [0.717, 1.165) is 17.9 Å². The molecule has 0 saturated heterocycles. The van der Waals surface area contributed by atoms with Gasteiger partial charge in [-0.2, -0.15) is 13.2 Å². The number of ether oxygens (including phenoxy) is 1. The van der Waals surface area contributed by atoms with Crippen LogP contribution in [0.3, 0.4) is 0 Å². The Labute approximate surface area is 177 Å². The Kier molecular flexibility index (Phi) is 6.10. The number of aliphatic hydroxyl groups is 1. The molecule has 4 nitrogen and oxygen atoms in total. The molecule has 0 radical (unpaired) electrons. The number of hydrogen-bond acceptors (Lipinski definition) is 4. The third kappa shape index (κ3) is 3.89. The lowest BCUT2D eigenvalue weighted by Gasteiger charge is -2.31. The molecule has 0 aliphatic rings. The van der Waals surface area contributed by atoms with Crippen molar-refractivity contribution in [2.45, 2.75) is 25.6 Å². The summed E-state index contributed by atoms with van der Waals surface area (Å²) < 4.78 is 48.9. The maximum absolute atomic E-state index is 14.3. The van der Waals surface area contributed by atoms with Crippen molar-refractivity contribution in [1.82, 2.24) is 4.90 Å². The van der Waals surface area contributed by atoms with Crippen LogP contribution in [0.2, 0.25) is 0 Å². The zero-order chi connectivity index (χ0) is 22.1. The average Bonchev–Trinajstić information content (AvgIpc) is 3.15. The molecule has 3 rings (SSSR count). The Balaban J connectivity index is 2.21. The summed E-state index contributed by atoms with van der Waals surface area (Å²) in [5, 5.41) is 11.8. The van der Waals surface area contributed by atoms with Gasteiger partial charge in [0.25, 0.3) is 0 Å². The molecular weight excluding hydrogens is 413 g/mol. The second-order valence-electron chi connectivity index (χ2n) is 7.01. The fraction of sp³-hybridized carbons (Fsp3) is 0.318. The zero-order valence-electron chi connectivity index (χ0n) is 17.1. The highest BCUT2D eigenvalue weighted by Gasteiger charge is 2.58. The van der Waals surface area contributed by atoms with E-state index >= 15 is 0 Å². The van der Waals surface area contributed by atoms with E-state index < -0.39 is 11.8 Å². The van der Waals surface area contributed by atoms with E-state index in [1.807, 2.05) is 18.9 Å². The summed E-state index contributed by atoms with van der Waals surface area (Å²) in [6, 6.07) is 11.0. The molecule has 3 aromatic rings. The highest BCUT2D eigenvalue weighted by atomic mass is 32.1. The molecule has 0 amide bonds. The molecule has 1 heterocycles. The van der Waals surface area contributed by atoms with E-state index in [2.05, 4.69) is 4.99 Å². The Morgan fingerprint density at radius 1 is 1.20 bits per heavy atom. The Morgan fingerprint density at radius 2 is 1.90 bits per heavy atom. The summed E-state index contributed by atoms with van der Waals surface area (Å²) in [5.41, 5.74) is -2.61. The fourth-order valence-corrected chi connectivity index (χ4v) is 4.28. The van der Waals surface area contributed by atoms with Gasteiger partial charge < -0.3 is 14.7 Å². The van der Waals surface area contributed by atoms with Crippen LogP contribution in [0.4, 0.5) is 18.9 Å². The van der Waals surface area contributed by atoms with Gasteiger partial charge in [0.15, 0.2) is 0 Å². The van der Waals surface area contributed by atoms with E-state index in [0.29, 0.717) is 21.3 Å². The molecule has 1 aromatic heterocycles. The molecule has 0 saturated carbocycles. The minimum Gasteiger partial charge on any atom is -0.496 e. The number of fused-ring (bicyclic) bond motifs is 1. The van der Waals surface area contributed by atoms with Crippen molar-refractivity contribution in [1.29, 1.82) is 0 Å². The molecule has 0 aliphatic carbocycles. The number of nitrogens with zero attached hydrogens (tertiary/aromatic N) is 2. The molecule has 1 N–H and O–H groups in total. The van der Waals surface area contributed by atoms with Crippen LogP contribution in [0, 0.1) is 6.92 Å². The normalized spacial score (nSPS) is 14.3. The average molecular weight is 436 g/mol. The quantitative estimate of drug-likeness (QED) is 0.402. The highest BCUT2D eigenvalue weighted by Crippen LogP contribution is 2.51. The SMILES string of the molecule is CCN(C)/C=N/c1cc(OC)c(C(O)(c2cc3ccccc3s2)C(F)(F)F)cc1C. The van der Waals surface area contributed by atoms with Crippen LogP contribution in [-0.4, -0.2) is 43.2 Å². The van der Waals surface area contributed by atoms with Gasteiger partial charge in [-0.15, -0.1) is 11.3 Å². The molecule has 8 heteroatoms. The van der Waals surface area contributed by atoms with Gasteiger partial charge in [-0.3, -0.25) is 0 Å². The zero-order valence-corrected chi connectivity index (χ0v) is 17.9. The number of halogens is 3. The second-order valence-corrected chi connectivity index (χ2v) is 8.10. The summed E-state index contributed by atoms with van der Waals surface area (Å²) in [5.74, 6) is -0.0795. The molecule has 160 valence electrons. The van der Waals surface area contributed by atoms with Crippen molar-refractivity contribution in [2.24, 2.45) is 4.99 Å². The Morgan fingerprint density at radius 3 is 2.50 bits per heavy atom. The standard InChI is InChI=1S/C22H23F3N2O2S/c1-5-27(3)13-26-17-12-18(29-4)16(10-14(17)2)21(28,22(23,24)25)20-11-15-8-6-7-9-19(15)30-20/h6-13,28H,5H2,1-4H3/b26-13+. The topological polar surface area (TPSA) is 45.1 Å². The van der Waals surface area contributed by atoms with Crippen molar-refractivity contribution < 1.29 is 23.0 Å². The minimum atomic E-state index is -4.96. The first-order valence-corrected chi connectivity index (χ1v) is 10.1. The summed E-state index contributed by atoms with van der Waals surface area (Å²) in [7, 11) is 3.12. The van der Waals surface area contributed by atoms with Crippen molar-refractivity contribution in [3.63, 3.8) is 0 Å². The van der Waals surface area contributed by atoms with Crippen LogP contribution >= 0.6 is 11.3 Å². The first-order valence-electron chi connectivity index (χ1n) is 9.33. The number of aryl methyl sites for hydroxylation is 1. The summed E-state index contributed by atoms with van der Waals surface area (Å²) in [4.78, 5) is 5.96. The molecule has 0 bridgehead atoms. The van der Waals surface area contributed by atoms with Crippen LogP contribution in [0.1, 0.15) is 22.9 Å². The lowest BCUT2D eigenvalue weighted by Crippen LogP contribution is -2.43. The van der Waals surface area contributed by atoms with Gasteiger partial charge in [0, 0.05) is 29.9 Å². The number of aliphatic imine (C=N–C) groups is 1. The Hall–Kier alpha value is -2.58. The van der Waals surface area contributed by atoms with Gasteiger partial charge >= 0.3 is 6.18 Å². The molecule has 0 fully saturated rings. The monoisotopic (exact) mass is 436 g/mol. The van der Waals surface area contributed by atoms with Crippen LogP contribution in [0.25, 0.3) is 10.1 Å². The van der Waals surface area contributed by atoms with E-state index in [4.69, 9.17) is 4.74 Å². The summed E-state index contributed by atoms with van der Waals surface area (Å²) >= 11 is 0.910. The number of benzene rings is 2. The van der Waals surface area contributed by atoms with Crippen molar-refractivity contribution >= 4 is 33.4 Å². The maximum atomic E-state index is 14.3. The lowest BCUT2D eigenvalue weighted by molar-refractivity contribution is -0.247. The van der Waals surface area contributed by atoms with E-state index in [9.17, 15) is 18.3 Å². The smallest absolute Gasteiger partial charge is 0.426 e. The van der Waals surface area contributed by atoms with E-state index in [-0.39, 0.29) is 16.2 Å². The van der Waals surface area contributed by atoms with Gasteiger partial charge in [-0.05, 0) is 43.0 Å². The number of rotatable bonds is 6. The Bertz CT molecular complexity index is 1040. The van der Waals surface area contributed by atoms with Gasteiger partial charge in [0.2, 0.25) is 5.60 Å². The third-order valence-corrected chi connectivity index (χ3v) is 6.22. The third-order valence-electron chi connectivity index (χ3n) is 4.99. The molecule has 30 heavy (non-hydrogen) atoms. The first-order chi connectivity index (χ1) is 14.1. The van der Waals surface area contributed by atoms with Crippen molar-refractivity contribution in [3.05, 3.63) is 58.5 Å². The molecule has 0 spiro atoms. The summed E-state index contributed by atoms with van der Waals surface area (Å²) in [6.45, 7) is 4.35. The van der Waals surface area contributed by atoms with Gasteiger partial charge in [0.05, 0.1) is 24.0 Å². The lowest BCUT2D eigenvalue weighted by atomic mass is 9.88. The fourth-order valence-electron chi connectivity index (χ4n) is 3.10. The van der Waals surface area contributed by atoms with E-state index in [1.54, 1.807) is 37.5 Å². The van der Waals surface area contributed by atoms with Gasteiger partial charge in [0.1, 0.15) is 5.75 Å². The molecule has 1 atom stereocenters. The first kappa shape index (κ1) is 22.1. The molecular formula is C22H23F3N2O2S. The van der Waals surface area contributed by atoms with Crippen molar-refractivity contribution in [3.8, 4) is 5.75 Å². The second kappa shape index (κ2) is 8.28. The number of methoxy groups -OCH3 is 1. The summed E-state index contributed by atoms with van der Waals surface area (Å²) in [6.07, 6.45) is -3.36. The number of hydrogen-bond donors (Lipinski definition) is 1. The van der Waals surface area contributed by atoms with Crippen LogP contribution in [0.15, 0.2) is 47.5 Å². The largest absolute Gasteiger partial charge is 0.496 e. The number of alkyl halides is 3. The maximum Gasteiger partial charge on any atom is 0.426 e. The minimum absolute atomic E-state index is 0.0795. The van der Waals surface area contributed by atoms with E-state index in [1.165, 1.54) is 25.3 Å². The van der Waals surface area contributed by atoms with Gasteiger partial charge in [-0.25, -0.2) is 4.99 Å². The van der Waals surface area contributed by atoms with Crippen LogP contribution in [0.5, 0.6) is 5.75 Å². The van der Waals surface area contributed by atoms with Crippen LogP contribution in [-0.2, 0) is 5.60 Å². The predicted molar refractivity (Wildman–Crippen MR) is 115 cm³/mol. The van der Waals surface area contributed by atoms with Crippen LogP contribution < -0.4 is 4.74 Å². The molecule has 2 aromatic carbocycles. The molecule has 0 aliphatic heterocycles. The van der Waals surface area contributed by atoms with Gasteiger partial charge in [-0.1, -0.05) is 18.2 Å². The highest BCUT2D eigenvalue weighted by molar-refractivity contribution is 7.19. The van der Waals surface area contributed by atoms with Crippen molar-refractivity contribution in [2.75, 3.05) is 20.7 Å².